The molecule has 0 aromatic heterocycles. The first-order valence-electron chi connectivity index (χ1n) is 4.35. The van der Waals surface area contributed by atoms with Gasteiger partial charge in [0.2, 0.25) is 0 Å². The van der Waals surface area contributed by atoms with E-state index in [2.05, 4.69) is 0 Å². The molecule has 0 aromatic rings. The van der Waals surface area contributed by atoms with Gasteiger partial charge in [0, 0.05) is 12.6 Å². The van der Waals surface area contributed by atoms with Crippen molar-refractivity contribution in [3.63, 3.8) is 0 Å². The largest absolute Gasteiger partial charge is 0.277 e. The summed E-state index contributed by atoms with van der Waals surface area (Å²) in [4.78, 5) is 0. The molecule has 0 amide bonds. The van der Waals surface area contributed by atoms with Crippen LogP contribution >= 0.6 is 0 Å². The van der Waals surface area contributed by atoms with Crippen LogP contribution in [0.15, 0.2) is 0 Å². The summed E-state index contributed by atoms with van der Waals surface area (Å²) in [5.41, 5.74) is 0. The third-order valence-electron chi connectivity index (χ3n) is 2.37. The number of nitrogens with two attached hydrogens (primary N) is 1. The van der Waals surface area contributed by atoms with Crippen LogP contribution < -0.4 is 5.14 Å². The van der Waals surface area contributed by atoms with Gasteiger partial charge in [-0.3, -0.25) is 0 Å². The Hall–Kier alpha value is -0.130. The summed E-state index contributed by atoms with van der Waals surface area (Å²) in [5.74, 6) is 0. The van der Waals surface area contributed by atoms with Gasteiger partial charge in [-0.1, -0.05) is 13.3 Å². The topological polar surface area (TPSA) is 63.4 Å². The molecule has 1 saturated heterocycles. The highest BCUT2D eigenvalue weighted by Gasteiger charge is 2.28. The summed E-state index contributed by atoms with van der Waals surface area (Å²) in [6, 6.07) is 0.133. The molecule has 0 saturated carbocycles. The lowest BCUT2D eigenvalue weighted by Gasteiger charge is -2.32. The van der Waals surface area contributed by atoms with Crippen LogP contribution in [0.2, 0.25) is 0 Å². The van der Waals surface area contributed by atoms with Gasteiger partial charge in [0.1, 0.15) is 0 Å². The van der Waals surface area contributed by atoms with Gasteiger partial charge in [-0.05, 0) is 19.3 Å². The molecule has 4 nitrogen and oxygen atoms in total. The third-order valence-corrected chi connectivity index (χ3v) is 3.51. The molecule has 72 valence electrons. The number of hydrogen-bond acceptors (Lipinski definition) is 2. The summed E-state index contributed by atoms with van der Waals surface area (Å²) in [7, 11) is -3.45. The van der Waals surface area contributed by atoms with Gasteiger partial charge in [-0.15, -0.1) is 0 Å². The molecule has 2 N–H and O–H groups in total. The van der Waals surface area contributed by atoms with Crippen molar-refractivity contribution in [2.45, 2.75) is 38.6 Å². The molecule has 1 fully saturated rings. The van der Waals surface area contributed by atoms with Gasteiger partial charge in [0.15, 0.2) is 0 Å². The van der Waals surface area contributed by atoms with Crippen molar-refractivity contribution in [1.29, 1.82) is 0 Å². The van der Waals surface area contributed by atoms with E-state index in [1.807, 2.05) is 6.92 Å². The predicted octanol–water partition coefficient (Wildman–Crippen LogP) is 0.454. The highest BCUT2D eigenvalue weighted by molar-refractivity contribution is 7.86. The van der Waals surface area contributed by atoms with Crippen molar-refractivity contribution in [3.05, 3.63) is 0 Å². The smallest absolute Gasteiger partial charge is 0.216 e. The van der Waals surface area contributed by atoms with Gasteiger partial charge in [0.25, 0.3) is 10.2 Å². The molecule has 0 aromatic carbocycles. The number of rotatable bonds is 2. The highest BCUT2D eigenvalue weighted by atomic mass is 32.2. The zero-order valence-electron chi connectivity index (χ0n) is 7.36. The summed E-state index contributed by atoms with van der Waals surface area (Å²) >= 11 is 0. The molecular weight excluding hydrogens is 176 g/mol. The summed E-state index contributed by atoms with van der Waals surface area (Å²) < 4.78 is 23.5. The standard InChI is InChI=1S/C7H16N2O2S/c1-2-7-5-3-4-6-9(7)12(8,10)11/h7H,2-6H2,1H3,(H2,8,10,11). The average Bonchev–Trinajstić information content (AvgIpc) is 2.03. The van der Waals surface area contributed by atoms with E-state index in [4.69, 9.17) is 5.14 Å². The van der Waals surface area contributed by atoms with E-state index in [1.165, 1.54) is 4.31 Å². The summed E-state index contributed by atoms with van der Waals surface area (Å²) in [6.45, 7) is 2.59. The number of piperidine rings is 1. The fourth-order valence-corrected chi connectivity index (χ4v) is 2.77. The molecule has 1 unspecified atom stereocenters. The first-order valence-corrected chi connectivity index (χ1v) is 5.85. The van der Waals surface area contributed by atoms with E-state index in [0.29, 0.717) is 6.54 Å². The number of nitrogens with zero attached hydrogens (tertiary/aromatic N) is 1. The SMILES string of the molecule is CCC1CCCCN1S(N)(=O)=O. The van der Waals surface area contributed by atoms with Crippen molar-refractivity contribution in [2.24, 2.45) is 5.14 Å². The Balaban J connectivity index is 2.72. The van der Waals surface area contributed by atoms with E-state index >= 15 is 0 Å². The second-order valence-electron chi connectivity index (χ2n) is 3.21. The van der Waals surface area contributed by atoms with Crippen molar-refractivity contribution < 1.29 is 8.42 Å². The zero-order valence-corrected chi connectivity index (χ0v) is 8.18. The third kappa shape index (κ3) is 2.18. The Morgan fingerprint density at radius 3 is 2.58 bits per heavy atom. The zero-order chi connectivity index (χ0) is 9.19. The van der Waals surface area contributed by atoms with Crippen molar-refractivity contribution in [2.75, 3.05) is 6.54 Å². The maximum absolute atomic E-state index is 11.1. The van der Waals surface area contributed by atoms with E-state index in [0.717, 1.165) is 25.7 Å². The van der Waals surface area contributed by atoms with Crippen LogP contribution in [0.4, 0.5) is 0 Å². The van der Waals surface area contributed by atoms with E-state index in [9.17, 15) is 8.42 Å². The molecule has 1 aliphatic rings. The van der Waals surface area contributed by atoms with Crippen LogP contribution in [0.25, 0.3) is 0 Å². The van der Waals surface area contributed by atoms with Gasteiger partial charge < -0.3 is 0 Å². The first-order chi connectivity index (χ1) is 5.55. The quantitative estimate of drug-likeness (QED) is 0.690. The minimum Gasteiger partial charge on any atom is -0.216 e. The van der Waals surface area contributed by atoms with Gasteiger partial charge in [0.05, 0.1) is 0 Å². The molecule has 0 spiro atoms. The Kier molecular flexibility index (Phi) is 3.09. The molecular formula is C7H16N2O2S. The summed E-state index contributed by atoms with van der Waals surface area (Å²) in [5, 5.41) is 5.07. The van der Waals surface area contributed by atoms with Crippen LogP contribution in [-0.2, 0) is 10.2 Å². The lowest BCUT2D eigenvalue weighted by Crippen LogP contribution is -2.46. The second-order valence-corrected chi connectivity index (χ2v) is 4.71. The van der Waals surface area contributed by atoms with Gasteiger partial charge in [-0.2, -0.15) is 12.7 Å². The molecule has 0 aliphatic carbocycles. The molecule has 1 atom stereocenters. The van der Waals surface area contributed by atoms with Crippen LogP contribution in [0, 0.1) is 0 Å². The van der Waals surface area contributed by atoms with E-state index in [-0.39, 0.29) is 6.04 Å². The van der Waals surface area contributed by atoms with Crippen molar-refractivity contribution in [3.8, 4) is 0 Å². The molecule has 1 heterocycles. The maximum atomic E-state index is 11.1. The lowest BCUT2D eigenvalue weighted by molar-refractivity contribution is 0.247. The molecule has 12 heavy (non-hydrogen) atoms. The minimum atomic E-state index is -3.45. The van der Waals surface area contributed by atoms with Crippen LogP contribution in [0.3, 0.4) is 0 Å². The first kappa shape index (κ1) is 9.95. The average molecular weight is 192 g/mol. The van der Waals surface area contributed by atoms with Gasteiger partial charge in [-0.25, -0.2) is 5.14 Å². The Bertz CT molecular complexity index is 238. The molecule has 0 radical (unpaired) electrons. The molecule has 5 heteroatoms. The molecule has 1 aliphatic heterocycles. The Morgan fingerprint density at radius 1 is 1.50 bits per heavy atom. The Morgan fingerprint density at radius 2 is 2.17 bits per heavy atom. The molecule has 1 rings (SSSR count). The maximum Gasteiger partial charge on any atom is 0.277 e. The summed E-state index contributed by atoms with van der Waals surface area (Å²) in [6.07, 6.45) is 3.86. The Labute approximate surface area is 73.9 Å². The van der Waals surface area contributed by atoms with Crippen LogP contribution in [0.1, 0.15) is 32.6 Å². The van der Waals surface area contributed by atoms with E-state index < -0.39 is 10.2 Å². The van der Waals surface area contributed by atoms with Crippen molar-refractivity contribution >= 4 is 10.2 Å². The second kappa shape index (κ2) is 3.72. The van der Waals surface area contributed by atoms with Gasteiger partial charge >= 0.3 is 0 Å². The number of hydrogen-bond donors (Lipinski definition) is 1. The van der Waals surface area contributed by atoms with E-state index in [1.54, 1.807) is 0 Å². The normalized spacial score (nSPS) is 27.3. The fraction of sp³-hybridized carbons (Fsp3) is 1.00. The minimum absolute atomic E-state index is 0.133. The molecule has 0 bridgehead atoms. The van der Waals surface area contributed by atoms with Crippen molar-refractivity contribution in [1.82, 2.24) is 4.31 Å². The highest BCUT2D eigenvalue weighted by Crippen LogP contribution is 2.20. The fourth-order valence-electron chi connectivity index (χ4n) is 1.72. The van der Waals surface area contributed by atoms with Crippen LogP contribution in [-0.4, -0.2) is 25.3 Å². The predicted molar refractivity (Wildman–Crippen MR) is 47.7 cm³/mol. The van der Waals surface area contributed by atoms with Crippen LogP contribution in [0.5, 0.6) is 0 Å². The monoisotopic (exact) mass is 192 g/mol. The lowest BCUT2D eigenvalue weighted by atomic mass is 10.0.